The zero-order valence-electron chi connectivity index (χ0n) is 14.5. The van der Waals surface area contributed by atoms with E-state index in [-0.39, 0.29) is 5.91 Å². The zero-order valence-corrected chi connectivity index (χ0v) is 14.5. The normalized spacial score (nSPS) is 16.8. The Kier molecular flexibility index (Phi) is 4.34. The van der Waals surface area contributed by atoms with Crippen LogP contribution in [0, 0.1) is 5.92 Å². The maximum Gasteiger partial charge on any atom is 0.257 e. The van der Waals surface area contributed by atoms with Crippen molar-refractivity contribution in [2.24, 2.45) is 5.92 Å². The van der Waals surface area contributed by atoms with Crippen molar-refractivity contribution in [2.75, 3.05) is 26.8 Å². The van der Waals surface area contributed by atoms with E-state index < -0.39 is 0 Å². The van der Waals surface area contributed by atoms with Gasteiger partial charge in [0.2, 0.25) is 0 Å². The van der Waals surface area contributed by atoms with Gasteiger partial charge in [0.15, 0.2) is 11.5 Å². The number of carbonyl (C=O) groups excluding carboxylic acids is 1. The summed E-state index contributed by atoms with van der Waals surface area (Å²) >= 11 is 0. The lowest BCUT2D eigenvalue weighted by atomic mass is 10.0. The molecule has 6 heteroatoms. The van der Waals surface area contributed by atoms with Crippen LogP contribution in [0.2, 0.25) is 0 Å². The molecule has 1 aromatic heterocycles. The van der Waals surface area contributed by atoms with Crippen LogP contribution in [0.15, 0.2) is 24.4 Å². The molecular weight excluding hydrogens is 318 g/mol. The van der Waals surface area contributed by atoms with Crippen LogP contribution in [0.4, 0.5) is 0 Å². The number of rotatable bonds is 4. The summed E-state index contributed by atoms with van der Waals surface area (Å²) in [6, 6.07) is 5.70. The SMILES string of the molecule is CN(CC1CCCC1)C(=O)c1cn[nH]c1-c1ccc2c(c1)OCCO2. The average Bonchev–Trinajstić information content (AvgIpc) is 3.32. The minimum atomic E-state index is 0.00513. The predicted octanol–water partition coefficient (Wildman–Crippen LogP) is 3.11. The van der Waals surface area contributed by atoms with Crippen LogP contribution in [0.5, 0.6) is 11.5 Å². The number of hydrogen-bond donors (Lipinski definition) is 1. The second-order valence-electron chi connectivity index (χ2n) is 6.85. The van der Waals surface area contributed by atoms with Crippen molar-refractivity contribution in [3.8, 4) is 22.8 Å². The lowest BCUT2D eigenvalue weighted by Crippen LogP contribution is -2.31. The van der Waals surface area contributed by atoms with E-state index >= 15 is 0 Å². The molecule has 4 rings (SSSR count). The second-order valence-corrected chi connectivity index (χ2v) is 6.85. The predicted molar refractivity (Wildman–Crippen MR) is 93.9 cm³/mol. The number of fused-ring (bicyclic) bond motifs is 1. The van der Waals surface area contributed by atoms with Crippen molar-refractivity contribution >= 4 is 5.91 Å². The van der Waals surface area contributed by atoms with Gasteiger partial charge in [-0.2, -0.15) is 5.10 Å². The Morgan fingerprint density at radius 2 is 2.00 bits per heavy atom. The fourth-order valence-electron chi connectivity index (χ4n) is 3.74. The van der Waals surface area contributed by atoms with Crippen molar-refractivity contribution in [3.63, 3.8) is 0 Å². The second kappa shape index (κ2) is 6.78. The molecule has 0 radical (unpaired) electrons. The number of nitrogens with zero attached hydrogens (tertiary/aromatic N) is 2. The summed E-state index contributed by atoms with van der Waals surface area (Å²) in [7, 11) is 1.88. The molecule has 0 unspecified atom stereocenters. The van der Waals surface area contributed by atoms with Gasteiger partial charge in [0.25, 0.3) is 5.91 Å². The molecule has 0 saturated heterocycles. The highest BCUT2D eigenvalue weighted by atomic mass is 16.6. The van der Waals surface area contributed by atoms with Crippen molar-refractivity contribution in [3.05, 3.63) is 30.0 Å². The van der Waals surface area contributed by atoms with Crippen molar-refractivity contribution in [2.45, 2.75) is 25.7 Å². The molecule has 132 valence electrons. The van der Waals surface area contributed by atoms with Crippen LogP contribution < -0.4 is 9.47 Å². The van der Waals surface area contributed by atoms with Gasteiger partial charge in [0.1, 0.15) is 13.2 Å². The molecule has 6 nitrogen and oxygen atoms in total. The fourth-order valence-corrected chi connectivity index (χ4v) is 3.74. The zero-order chi connectivity index (χ0) is 17.2. The summed E-state index contributed by atoms with van der Waals surface area (Å²) in [6.45, 7) is 1.91. The van der Waals surface area contributed by atoms with Gasteiger partial charge < -0.3 is 14.4 Å². The Hall–Kier alpha value is -2.50. The van der Waals surface area contributed by atoms with Gasteiger partial charge in [-0.15, -0.1) is 0 Å². The minimum Gasteiger partial charge on any atom is -0.486 e. The number of amides is 1. The van der Waals surface area contributed by atoms with E-state index in [1.165, 1.54) is 25.7 Å². The highest BCUT2D eigenvalue weighted by Gasteiger charge is 2.24. The molecule has 25 heavy (non-hydrogen) atoms. The molecular formula is C19H23N3O3. The number of carbonyl (C=O) groups is 1. The lowest BCUT2D eigenvalue weighted by molar-refractivity contribution is 0.0774. The maximum atomic E-state index is 12.9. The number of hydrogen-bond acceptors (Lipinski definition) is 4. The summed E-state index contributed by atoms with van der Waals surface area (Å²) in [5.41, 5.74) is 2.19. The molecule has 2 aliphatic rings. The topological polar surface area (TPSA) is 67.5 Å². The molecule has 1 fully saturated rings. The van der Waals surface area contributed by atoms with Crippen LogP contribution in [-0.2, 0) is 0 Å². The molecule has 0 bridgehead atoms. The summed E-state index contributed by atoms with van der Waals surface area (Å²) in [6.07, 6.45) is 6.61. The van der Waals surface area contributed by atoms with Crippen LogP contribution in [-0.4, -0.2) is 47.8 Å². The van der Waals surface area contributed by atoms with E-state index in [1.807, 2.05) is 30.1 Å². The molecule has 1 aliphatic carbocycles. The quantitative estimate of drug-likeness (QED) is 0.928. The average molecular weight is 341 g/mol. The Morgan fingerprint density at radius 3 is 2.80 bits per heavy atom. The molecule has 1 aromatic carbocycles. The van der Waals surface area contributed by atoms with Crippen molar-refractivity contribution in [1.29, 1.82) is 0 Å². The van der Waals surface area contributed by atoms with E-state index in [4.69, 9.17) is 9.47 Å². The van der Waals surface area contributed by atoms with Gasteiger partial charge in [-0.1, -0.05) is 12.8 Å². The Bertz CT molecular complexity index is 765. The summed E-state index contributed by atoms with van der Waals surface area (Å²) in [5, 5.41) is 7.07. The molecule has 0 spiro atoms. The third kappa shape index (κ3) is 3.21. The van der Waals surface area contributed by atoms with E-state index in [0.29, 0.717) is 30.4 Å². The van der Waals surface area contributed by atoms with Gasteiger partial charge in [-0.3, -0.25) is 9.89 Å². The van der Waals surface area contributed by atoms with E-state index in [1.54, 1.807) is 6.20 Å². The third-order valence-corrected chi connectivity index (χ3v) is 5.05. The lowest BCUT2D eigenvalue weighted by Gasteiger charge is -2.21. The number of ether oxygens (including phenoxy) is 2. The largest absolute Gasteiger partial charge is 0.486 e. The summed E-state index contributed by atoms with van der Waals surface area (Å²) in [4.78, 5) is 14.7. The van der Waals surface area contributed by atoms with Gasteiger partial charge in [-0.05, 0) is 37.0 Å². The van der Waals surface area contributed by atoms with Gasteiger partial charge in [0, 0.05) is 19.2 Å². The molecule has 1 aliphatic heterocycles. The van der Waals surface area contributed by atoms with E-state index in [2.05, 4.69) is 10.2 Å². The highest BCUT2D eigenvalue weighted by molar-refractivity contribution is 5.99. The molecule has 2 aromatic rings. The first-order chi connectivity index (χ1) is 12.2. The summed E-state index contributed by atoms with van der Waals surface area (Å²) in [5.74, 6) is 2.07. The minimum absolute atomic E-state index is 0.00513. The Morgan fingerprint density at radius 1 is 1.24 bits per heavy atom. The van der Waals surface area contributed by atoms with Gasteiger partial charge in [0.05, 0.1) is 17.5 Å². The maximum absolute atomic E-state index is 12.9. The summed E-state index contributed by atoms with van der Waals surface area (Å²) < 4.78 is 11.2. The first kappa shape index (κ1) is 16.0. The monoisotopic (exact) mass is 341 g/mol. The van der Waals surface area contributed by atoms with Crippen LogP contribution in [0.1, 0.15) is 36.0 Å². The van der Waals surface area contributed by atoms with Gasteiger partial charge in [-0.25, -0.2) is 0 Å². The molecule has 2 heterocycles. The third-order valence-electron chi connectivity index (χ3n) is 5.05. The van der Waals surface area contributed by atoms with E-state index in [0.717, 1.165) is 23.6 Å². The highest BCUT2D eigenvalue weighted by Crippen LogP contribution is 2.35. The standard InChI is InChI=1S/C19H23N3O3/c1-22(12-13-4-2-3-5-13)19(23)15-11-20-21-18(15)14-6-7-16-17(10-14)25-9-8-24-16/h6-7,10-11,13H,2-5,8-9,12H2,1H3,(H,20,21). The number of nitrogens with one attached hydrogen (secondary N) is 1. The van der Waals surface area contributed by atoms with Crippen molar-refractivity contribution < 1.29 is 14.3 Å². The van der Waals surface area contributed by atoms with Crippen molar-refractivity contribution in [1.82, 2.24) is 15.1 Å². The molecule has 1 amide bonds. The number of aromatic nitrogens is 2. The van der Waals surface area contributed by atoms with E-state index in [9.17, 15) is 4.79 Å². The Balaban J connectivity index is 1.56. The fraction of sp³-hybridized carbons (Fsp3) is 0.474. The number of aromatic amines is 1. The first-order valence-electron chi connectivity index (χ1n) is 8.91. The molecule has 1 saturated carbocycles. The number of H-pyrrole nitrogens is 1. The first-order valence-corrected chi connectivity index (χ1v) is 8.91. The van der Waals surface area contributed by atoms with Crippen LogP contribution in [0.3, 0.4) is 0 Å². The Labute approximate surface area is 147 Å². The molecule has 0 atom stereocenters. The van der Waals surface area contributed by atoms with Crippen LogP contribution >= 0.6 is 0 Å². The smallest absolute Gasteiger partial charge is 0.257 e. The van der Waals surface area contributed by atoms with Crippen LogP contribution in [0.25, 0.3) is 11.3 Å². The number of benzene rings is 1. The van der Waals surface area contributed by atoms with Gasteiger partial charge >= 0.3 is 0 Å². The molecule has 1 N–H and O–H groups in total.